The zero-order valence-electron chi connectivity index (χ0n) is 14.3. The van der Waals surface area contributed by atoms with Gasteiger partial charge in [0.25, 0.3) is 0 Å². The summed E-state index contributed by atoms with van der Waals surface area (Å²) in [6.07, 6.45) is 13.7. The van der Waals surface area contributed by atoms with Crippen molar-refractivity contribution in [3.8, 4) is 0 Å². The standard InChI is InChI=1S/C22H19BrN2/c1-15(19-8-3-4-9-20(19)24)6-5-7-16(2)21-13-11-17-10-12-18(23)14-22(17)25-21/h3-14,24H,1-2H3/b6-5-,16-7+,19-15+,24-20?. The molecule has 0 amide bonds. The summed E-state index contributed by atoms with van der Waals surface area (Å²) in [5.41, 5.74) is 5.63. The molecule has 0 saturated heterocycles. The first-order valence-electron chi connectivity index (χ1n) is 8.11. The van der Waals surface area contributed by atoms with Gasteiger partial charge in [-0.2, -0.15) is 0 Å². The van der Waals surface area contributed by atoms with E-state index in [-0.39, 0.29) is 0 Å². The van der Waals surface area contributed by atoms with Gasteiger partial charge in [-0.1, -0.05) is 64.5 Å². The summed E-state index contributed by atoms with van der Waals surface area (Å²) in [6.45, 7) is 4.09. The first-order valence-corrected chi connectivity index (χ1v) is 8.90. The molecule has 0 radical (unpaired) electrons. The molecule has 1 aliphatic rings. The Bertz CT molecular complexity index is 988. The monoisotopic (exact) mass is 390 g/mol. The SMILES string of the molecule is C\C(=C/C=C\C(C)=C1/C=CC=CC1=N)c1ccc2ccc(Br)cc2n1. The number of aromatic nitrogens is 1. The van der Waals surface area contributed by atoms with Crippen LogP contribution in [-0.4, -0.2) is 10.7 Å². The largest absolute Gasteiger partial charge is 0.300 e. The predicted octanol–water partition coefficient (Wildman–Crippen LogP) is 6.42. The lowest BCUT2D eigenvalue weighted by atomic mass is 10.00. The third kappa shape index (κ3) is 4.12. The molecule has 0 unspecified atom stereocenters. The van der Waals surface area contributed by atoms with Crippen molar-refractivity contribution in [2.24, 2.45) is 0 Å². The van der Waals surface area contributed by atoms with Crippen molar-refractivity contribution < 1.29 is 0 Å². The van der Waals surface area contributed by atoms with E-state index in [2.05, 4.69) is 41.1 Å². The molecule has 3 heteroatoms. The minimum absolute atomic E-state index is 0.548. The minimum Gasteiger partial charge on any atom is -0.300 e. The van der Waals surface area contributed by atoms with Crippen molar-refractivity contribution in [1.29, 1.82) is 5.41 Å². The summed E-state index contributed by atoms with van der Waals surface area (Å²) in [5, 5.41) is 9.10. The van der Waals surface area contributed by atoms with Crippen LogP contribution in [0, 0.1) is 5.41 Å². The van der Waals surface area contributed by atoms with Gasteiger partial charge in [0.15, 0.2) is 0 Å². The average Bonchev–Trinajstić information content (AvgIpc) is 2.61. The van der Waals surface area contributed by atoms with Crippen molar-refractivity contribution >= 4 is 38.1 Å². The van der Waals surface area contributed by atoms with Gasteiger partial charge in [0.05, 0.1) is 16.9 Å². The smallest absolute Gasteiger partial charge is 0.0720 e. The number of rotatable bonds is 3. The lowest BCUT2D eigenvalue weighted by Crippen LogP contribution is -1.99. The van der Waals surface area contributed by atoms with E-state index >= 15 is 0 Å². The zero-order valence-corrected chi connectivity index (χ0v) is 15.8. The molecular formula is C22H19BrN2. The Morgan fingerprint density at radius 1 is 1.08 bits per heavy atom. The van der Waals surface area contributed by atoms with Crippen molar-refractivity contribution in [2.75, 3.05) is 0 Å². The Kier molecular flexibility index (Phi) is 5.25. The summed E-state index contributed by atoms with van der Waals surface area (Å²) in [4.78, 5) is 4.74. The van der Waals surface area contributed by atoms with Crippen LogP contribution in [-0.2, 0) is 0 Å². The van der Waals surface area contributed by atoms with E-state index in [9.17, 15) is 0 Å². The van der Waals surface area contributed by atoms with Crippen LogP contribution in [0.5, 0.6) is 0 Å². The van der Waals surface area contributed by atoms with Crippen LogP contribution in [0.25, 0.3) is 16.5 Å². The van der Waals surface area contributed by atoms with E-state index in [0.29, 0.717) is 5.71 Å². The van der Waals surface area contributed by atoms with Gasteiger partial charge in [-0.15, -0.1) is 0 Å². The van der Waals surface area contributed by atoms with E-state index in [1.54, 1.807) is 0 Å². The number of pyridine rings is 1. The van der Waals surface area contributed by atoms with Crippen LogP contribution < -0.4 is 0 Å². The fourth-order valence-corrected chi connectivity index (χ4v) is 3.00. The molecule has 0 atom stereocenters. The lowest BCUT2D eigenvalue weighted by molar-refractivity contribution is 1.33. The number of hydrogen-bond donors (Lipinski definition) is 1. The van der Waals surface area contributed by atoms with E-state index in [4.69, 9.17) is 10.4 Å². The summed E-state index contributed by atoms with van der Waals surface area (Å²) in [6, 6.07) is 10.3. The number of allylic oxidation sites excluding steroid dienone is 10. The van der Waals surface area contributed by atoms with Crippen molar-refractivity contribution in [2.45, 2.75) is 13.8 Å². The molecule has 2 nitrogen and oxygen atoms in total. The molecule has 124 valence electrons. The second kappa shape index (κ2) is 7.58. The van der Waals surface area contributed by atoms with E-state index < -0.39 is 0 Å². The van der Waals surface area contributed by atoms with Gasteiger partial charge < -0.3 is 5.41 Å². The number of halogens is 1. The molecule has 0 saturated carbocycles. The molecule has 2 aromatic rings. The highest BCUT2D eigenvalue weighted by atomic mass is 79.9. The highest BCUT2D eigenvalue weighted by molar-refractivity contribution is 9.10. The maximum Gasteiger partial charge on any atom is 0.0720 e. The normalized spacial score (nSPS) is 16.9. The molecule has 3 rings (SSSR count). The number of fused-ring (bicyclic) bond motifs is 1. The molecule has 25 heavy (non-hydrogen) atoms. The van der Waals surface area contributed by atoms with Gasteiger partial charge in [-0.05, 0) is 49.3 Å². The fraction of sp³-hybridized carbons (Fsp3) is 0.0909. The molecule has 1 aromatic heterocycles. The van der Waals surface area contributed by atoms with Crippen molar-refractivity contribution in [1.82, 2.24) is 4.98 Å². The second-order valence-corrected chi connectivity index (χ2v) is 6.89. The molecule has 1 aliphatic carbocycles. The first kappa shape index (κ1) is 17.3. The molecular weight excluding hydrogens is 372 g/mol. The highest BCUT2D eigenvalue weighted by Crippen LogP contribution is 2.21. The summed E-state index contributed by atoms with van der Waals surface area (Å²) in [7, 11) is 0. The Balaban J connectivity index is 1.84. The van der Waals surface area contributed by atoms with Crippen molar-refractivity contribution in [3.63, 3.8) is 0 Å². The third-order valence-electron chi connectivity index (χ3n) is 4.10. The van der Waals surface area contributed by atoms with Gasteiger partial charge in [0.1, 0.15) is 0 Å². The summed E-state index contributed by atoms with van der Waals surface area (Å²) in [5.74, 6) is 0. The van der Waals surface area contributed by atoms with Crippen LogP contribution in [0.2, 0.25) is 0 Å². The summed E-state index contributed by atoms with van der Waals surface area (Å²) < 4.78 is 1.03. The highest BCUT2D eigenvalue weighted by Gasteiger charge is 2.04. The maximum atomic E-state index is 7.97. The van der Waals surface area contributed by atoms with Crippen LogP contribution in [0.3, 0.4) is 0 Å². The van der Waals surface area contributed by atoms with Crippen LogP contribution in [0.1, 0.15) is 19.5 Å². The van der Waals surface area contributed by atoms with Crippen LogP contribution >= 0.6 is 15.9 Å². The zero-order chi connectivity index (χ0) is 17.8. The van der Waals surface area contributed by atoms with Crippen LogP contribution in [0.15, 0.2) is 88.5 Å². The van der Waals surface area contributed by atoms with Gasteiger partial charge in [0.2, 0.25) is 0 Å². The molecule has 1 heterocycles. The first-order chi connectivity index (χ1) is 12.0. The Labute approximate surface area is 156 Å². The quantitative estimate of drug-likeness (QED) is 0.603. The Morgan fingerprint density at radius 2 is 1.84 bits per heavy atom. The van der Waals surface area contributed by atoms with Crippen LogP contribution in [0.4, 0.5) is 0 Å². The average molecular weight is 391 g/mol. The van der Waals surface area contributed by atoms with Gasteiger partial charge in [-0.25, -0.2) is 4.98 Å². The molecule has 0 spiro atoms. The number of nitrogens with zero attached hydrogens (tertiary/aromatic N) is 1. The molecule has 1 N–H and O–H groups in total. The predicted molar refractivity (Wildman–Crippen MR) is 111 cm³/mol. The third-order valence-corrected chi connectivity index (χ3v) is 4.60. The maximum absolute atomic E-state index is 7.97. The van der Waals surface area contributed by atoms with E-state index in [0.717, 1.165) is 37.8 Å². The fourth-order valence-electron chi connectivity index (χ4n) is 2.65. The Morgan fingerprint density at radius 3 is 2.64 bits per heavy atom. The van der Waals surface area contributed by atoms with Gasteiger partial charge in [0, 0.05) is 15.4 Å². The Hall–Kier alpha value is -2.52. The van der Waals surface area contributed by atoms with E-state index in [1.165, 1.54) is 0 Å². The number of hydrogen-bond acceptors (Lipinski definition) is 2. The van der Waals surface area contributed by atoms with Gasteiger partial charge >= 0.3 is 0 Å². The van der Waals surface area contributed by atoms with Crippen molar-refractivity contribution in [3.05, 3.63) is 94.2 Å². The number of benzene rings is 1. The topological polar surface area (TPSA) is 36.7 Å². The van der Waals surface area contributed by atoms with E-state index in [1.807, 2.05) is 61.6 Å². The molecule has 0 aliphatic heterocycles. The molecule has 0 bridgehead atoms. The molecule has 1 aromatic carbocycles. The minimum atomic E-state index is 0.548. The summed E-state index contributed by atoms with van der Waals surface area (Å²) >= 11 is 3.50. The second-order valence-electron chi connectivity index (χ2n) is 5.97. The number of nitrogens with one attached hydrogen (secondary N) is 1. The van der Waals surface area contributed by atoms with Gasteiger partial charge in [-0.3, -0.25) is 0 Å². The molecule has 0 fully saturated rings. The lowest BCUT2D eigenvalue weighted by Gasteiger charge is -2.06.